The third-order valence-electron chi connectivity index (χ3n) is 2.98. The van der Waals surface area contributed by atoms with E-state index in [1.54, 1.807) is 6.07 Å². The average molecular weight is 380 g/mol. The quantitative estimate of drug-likeness (QED) is 0.891. The first-order chi connectivity index (χ1) is 9.38. The van der Waals surface area contributed by atoms with E-state index in [1.807, 2.05) is 0 Å². The summed E-state index contributed by atoms with van der Waals surface area (Å²) in [5.41, 5.74) is 0.298. The third kappa shape index (κ3) is 2.55. The van der Waals surface area contributed by atoms with E-state index in [-0.39, 0.29) is 21.3 Å². The van der Waals surface area contributed by atoms with Gasteiger partial charge in [0.05, 0.1) is 15.9 Å². The van der Waals surface area contributed by atoms with E-state index < -0.39 is 15.8 Å². The predicted octanol–water partition coefficient (Wildman–Crippen LogP) is 3.23. The van der Waals surface area contributed by atoms with Crippen LogP contribution in [0.1, 0.15) is 12.8 Å². The van der Waals surface area contributed by atoms with Gasteiger partial charge in [-0.1, -0.05) is 27.5 Å². The van der Waals surface area contributed by atoms with Crippen molar-refractivity contribution in [3.05, 3.63) is 33.6 Å². The molecule has 1 N–H and O–H groups in total. The molecule has 1 aliphatic rings. The molecule has 1 fully saturated rings. The molecule has 1 aromatic carbocycles. The molecule has 0 unspecified atom stereocenters. The summed E-state index contributed by atoms with van der Waals surface area (Å²) in [5, 5.41) is -0.137. The molecule has 1 heterocycles. The minimum Gasteiger partial charge on any atom is -0.255 e. The largest absolute Gasteiger partial charge is 0.255 e. The van der Waals surface area contributed by atoms with Crippen molar-refractivity contribution in [1.29, 1.82) is 0 Å². The van der Waals surface area contributed by atoms with Gasteiger partial charge >= 0.3 is 0 Å². The Labute approximate surface area is 128 Å². The summed E-state index contributed by atoms with van der Waals surface area (Å²) >= 11 is 9.23. The van der Waals surface area contributed by atoms with Gasteiger partial charge in [0.25, 0.3) is 0 Å². The molecular weight excluding hydrogens is 371 g/mol. The molecule has 0 radical (unpaired) electrons. The molecule has 1 aliphatic carbocycles. The fraction of sp³-hybridized carbons (Fsp3) is 0.250. The lowest BCUT2D eigenvalue weighted by molar-refractivity contribution is 0.581. The molecule has 1 saturated carbocycles. The molecule has 0 bridgehead atoms. The number of halogens is 3. The van der Waals surface area contributed by atoms with Crippen LogP contribution in [0.5, 0.6) is 0 Å². The standard InChI is InChI=1S/C12H9BrClFN2O2S/c13-6-3-8(15)11-9(4-6)16-5-10(12(11)14)20(18,19)17-7-1-2-7/h3-5,7,17H,1-2H2. The molecule has 2 aromatic rings. The summed E-state index contributed by atoms with van der Waals surface area (Å²) < 4.78 is 41.3. The molecule has 0 aliphatic heterocycles. The highest BCUT2D eigenvalue weighted by atomic mass is 79.9. The highest BCUT2D eigenvalue weighted by Crippen LogP contribution is 2.33. The van der Waals surface area contributed by atoms with Crippen LogP contribution in [0.25, 0.3) is 10.9 Å². The third-order valence-corrected chi connectivity index (χ3v) is 5.47. The van der Waals surface area contributed by atoms with Crippen molar-refractivity contribution in [2.45, 2.75) is 23.8 Å². The molecule has 1 aromatic heterocycles. The van der Waals surface area contributed by atoms with Crippen molar-refractivity contribution in [2.75, 3.05) is 0 Å². The van der Waals surface area contributed by atoms with Crippen LogP contribution in [-0.4, -0.2) is 19.4 Å². The highest BCUT2D eigenvalue weighted by Gasteiger charge is 2.30. The zero-order valence-electron chi connectivity index (χ0n) is 10.0. The van der Waals surface area contributed by atoms with Crippen LogP contribution in [0.15, 0.2) is 27.7 Å². The maximum absolute atomic E-state index is 14.0. The lowest BCUT2D eigenvalue weighted by Crippen LogP contribution is -2.26. The maximum Gasteiger partial charge on any atom is 0.243 e. The van der Waals surface area contributed by atoms with Gasteiger partial charge in [0.2, 0.25) is 10.0 Å². The topological polar surface area (TPSA) is 59.1 Å². The van der Waals surface area contributed by atoms with Crippen molar-refractivity contribution in [3.8, 4) is 0 Å². The molecule has 0 spiro atoms. The summed E-state index contributed by atoms with van der Waals surface area (Å²) in [4.78, 5) is 3.79. The Bertz CT molecular complexity index is 809. The van der Waals surface area contributed by atoms with Crippen molar-refractivity contribution >= 4 is 48.5 Å². The Morgan fingerprint density at radius 2 is 2.10 bits per heavy atom. The first-order valence-corrected chi connectivity index (χ1v) is 8.49. The SMILES string of the molecule is O=S(=O)(NC1CC1)c1cnc2cc(Br)cc(F)c2c1Cl. The minimum atomic E-state index is -3.77. The van der Waals surface area contributed by atoms with Gasteiger partial charge in [-0.05, 0) is 25.0 Å². The first-order valence-electron chi connectivity index (χ1n) is 5.84. The molecule has 0 saturated heterocycles. The number of benzene rings is 1. The zero-order valence-corrected chi connectivity index (χ0v) is 13.2. The predicted molar refractivity (Wildman–Crippen MR) is 77.8 cm³/mol. The summed E-state index contributed by atoms with van der Waals surface area (Å²) in [6.45, 7) is 0. The molecule has 4 nitrogen and oxygen atoms in total. The molecule has 8 heteroatoms. The van der Waals surface area contributed by atoms with E-state index in [2.05, 4.69) is 25.6 Å². The Morgan fingerprint density at radius 1 is 1.40 bits per heavy atom. The summed E-state index contributed by atoms with van der Waals surface area (Å²) in [6, 6.07) is 2.75. The highest BCUT2D eigenvalue weighted by molar-refractivity contribution is 9.10. The lowest BCUT2D eigenvalue weighted by atomic mass is 10.2. The van der Waals surface area contributed by atoms with E-state index >= 15 is 0 Å². The number of rotatable bonds is 3. The monoisotopic (exact) mass is 378 g/mol. The Hall–Kier alpha value is -0.760. The van der Waals surface area contributed by atoms with E-state index in [0.29, 0.717) is 9.99 Å². The minimum absolute atomic E-state index is 0.00791. The molecular formula is C12H9BrClFN2O2S. The molecule has 0 amide bonds. The van der Waals surface area contributed by atoms with Crippen LogP contribution in [0.2, 0.25) is 5.02 Å². The molecule has 0 atom stereocenters. The van der Waals surface area contributed by atoms with E-state index in [9.17, 15) is 12.8 Å². The number of hydrogen-bond donors (Lipinski definition) is 1. The van der Waals surface area contributed by atoms with E-state index in [0.717, 1.165) is 19.0 Å². The Kier molecular flexibility index (Phi) is 3.48. The second-order valence-electron chi connectivity index (χ2n) is 4.61. The molecule has 20 heavy (non-hydrogen) atoms. The Morgan fingerprint density at radius 3 is 2.75 bits per heavy atom. The van der Waals surface area contributed by atoms with Gasteiger partial charge < -0.3 is 0 Å². The maximum atomic E-state index is 14.0. The Balaban J connectivity index is 2.20. The second kappa shape index (κ2) is 4.91. The van der Waals surface area contributed by atoms with Gasteiger partial charge in [-0.3, -0.25) is 4.98 Å². The van der Waals surface area contributed by atoms with Gasteiger partial charge in [-0.25, -0.2) is 17.5 Å². The van der Waals surface area contributed by atoms with Crippen molar-refractivity contribution in [1.82, 2.24) is 9.71 Å². The summed E-state index contributed by atoms with van der Waals surface area (Å²) in [6.07, 6.45) is 2.76. The summed E-state index contributed by atoms with van der Waals surface area (Å²) in [5.74, 6) is -0.615. The average Bonchev–Trinajstić information content (AvgIpc) is 3.10. The number of fused-ring (bicyclic) bond motifs is 1. The number of pyridine rings is 1. The van der Waals surface area contributed by atoms with Crippen molar-refractivity contribution in [2.24, 2.45) is 0 Å². The number of hydrogen-bond acceptors (Lipinski definition) is 3. The van der Waals surface area contributed by atoms with Crippen molar-refractivity contribution in [3.63, 3.8) is 0 Å². The first kappa shape index (κ1) is 14.2. The zero-order chi connectivity index (χ0) is 14.5. The van der Waals surface area contributed by atoms with Crippen LogP contribution in [-0.2, 0) is 10.0 Å². The smallest absolute Gasteiger partial charge is 0.243 e. The van der Waals surface area contributed by atoms with E-state index in [4.69, 9.17) is 11.6 Å². The van der Waals surface area contributed by atoms with Crippen LogP contribution in [0.4, 0.5) is 4.39 Å². The van der Waals surface area contributed by atoms with Crippen molar-refractivity contribution < 1.29 is 12.8 Å². The van der Waals surface area contributed by atoms with Gasteiger partial charge in [0, 0.05) is 16.7 Å². The van der Waals surface area contributed by atoms with Gasteiger partial charge in [0.15, 0.2) is 0 Å². The normalized spacial score (nSPS) is 15.8. The lowest BCUT2D eigenvalue weighted by Gasteiger charge is -2.10. The number of nitrogens with one attached hydrogen (secondary N) is 1. The van der Waals surface area contributed by atoms with Crippen LogP contribution in [0, 0.1) is 5.82 Å². The van der Waals surface area contributed by atoms with Gasteiger partial charge in [0.1, 0.15) is 10.7 Å². The van der Waals surface area contributed by atoms with Crippen LogP contribution < -0.4 is 4.72 Å². The molecule has 3 rings (SSSR count). The number of sulfonamides is 1. The number of nitrogens with zero attached hydrogens (tertiary/aromatic N) is 1. The van der Waals surface area contributed by atoms with Crippen LogP contribution in [0.3, 0.4) is 0 Å². The fourth-order valence-corrected chi connectivity index (χ4v) is 4.15. The fourth-order valence-electron chi connectivity index (χ4n) is 1.86. The van der Waals surface area contributed by atoms with E-state index in [1.165, 1.54) is 6.07 Å². The molecule has 106 valence electrons. The number of aromatic nitrogens is 1. The van der Waals surface area contributed by atoms with Crippen LogP contribution >= 0.6 is 27.5 Å². The van der Waals surface area contributed by atoms with Gasteiger partial charge in [-0.2, -0.15) is 0 Å². The van der Waals surface area contributed by atoms with Gasteiger partial charge in [-0.15, -0.1) is 0 Å². The summed E-state index contributed by atoms with van der Waals surface area (Å²) in [7, 11) is -3.77. The second-order valence-corrected chi connectivity index (χ2v) is 7.59.